The van der Waals surface area contributed by atoms with Crippen molar-refractivity contribution in [3.05, 3.63) is 10.4 Å². The van der Waals surface area contributed by atoms with Crippen molar-refractivity contribution in [1.29, 1.82) is 0 Å². The van der Waals surface area contributed by atoms with Crippen LogP contribution >= 0.6 is 0 Å². The summed E-state index contributed by atoms with van der Waals surface area (Å²) in [6.45, 7) is 7.64. The SMILES string of the molecule is CCN(CC)[N+]([O-])=NOC(OC)ON=[N+]([O-])N(CC)CC. The molecule has 0 spiro atoms. The number of nitrogens with zero attached hydrogens (tertiary/aromatic N) is 6. The molecular formula is C10H24N6O5. The van der Waals surface area contributed by atoms with E-state index in [9.17, 15) is 10.4 Å². The zero-order valence-corrected chi connectivity index (χ0v) is 13.1. The van der Waals surface area contributed by atoms with Gasteiger partial charge in [0.2, 0.25) is 10.6 Å². The van der Waals surface area contributed by atoms with Crippen LogP contribution in [0.3, 0.4) is 0 Å². The molecule has 0 radical (unpaired) electrons. The molecule has 124 valence electrons. The first-order valence-corrected chi connectivity index (χ1v) is 6.74. The maximum atomic E-state index is 11.5. The van der Waals surface area contributed by atoms with Crippen molar-refractivity contribution in [2.45, 2.75) is 34.2 Å². The average Bonchev–Trinajstić information content (AvgIpc) is 2.49. The van der Waals surface area contributed by atoms with Crippen LogP contribution in [0.2, 0.25) is 0 Å². The lowest BCUT2D eigenvalue weighted by atomic mass is 10.6. The van der Waals surface area contributed by atoms with Crippen LogP contribution in [0.25, 0.3) is 0 Å². The molecule has 0 rings (SSSR count). The second-order valence-corrected chi connectivity index (χ2v) is 3.68. The molecule has 0 bridgehead atoms. The van der Waals surface area contributed by atoms with Crippen molar-refractivity contribution in [3.63, 3.8) is 0 Å². The lowest BCUT2D eigenvalue weighted by Crippen LogP contribution is -2.32. The Bertz CT molecular complexity index is 302. The molecule has 0 saturated heterocycles. The zero-order valence-electron chi connectivity index (χ0n) is 13.1. The standard InChI is InChI=1S/C10H24N6O5/c1-6-13(7-2)15(17)11-20-10(19-5)21-12-16(18)14(8-3)9-4/h10H,6-9H2,1-5H3. The fourth-order valence-corrected chi connectivity index (χ4v) is 1.30. The van der Waals surface area contributed by atoms with Crippen molar-refractivity contribution in [2.24, 2.45) is 10.6 Å². The second kappa shape index (κ2) is 10.7. The van der Waals surface area contributed by atoms with Crippen LogP contribution in [0.15, 0.2) is 10.6 Å². The molecule has 0 heterocycles. The predicted octanol–water partition coefficient (Wildman–Crippen LogP) is 1.22. The van der Waals surface area contributed by atoms with Crippen LogP contribution in [0, 0.1) is 10.4 Å². The first kappa shape index (κ1) is 19.0. The number of methoxy groups -OCH3 is 1. The van der Waals surface area contributed by atoms with Crippen LogP contribution in [0.1, 0.15) is 27.7 Å². The van der Waals surface area contributed by atoms with Gasteiger partial charge in [0.1, 0.15) is 0 Å². The van der Waals surface area contributed by atoms with E-state index in [4.69, 9.17) is 14.4 Å². The molecule has 0 aliphatic rings. The van der Waals surface area contributed by atoms with Crippen LogP contribution in [-0.2, 0) is 14.4 Å². The summed E-state index contributed by atoms with van der Waals surface area (Å²) in [5.41, 5.74) is 0. The normalized spacial score (nSPS) is 13.8. The Hall–Kier alpha value is -2.04. The summed E-state index contributed by atoms with van der Waals surface area (Å²) in [4.78, 5) is 9.96. The monoisotopic (exact) mass is 308 g/mol. The molecular weight excluding hydrogens is 284 g/mol. The Morgan fingerprint density at radius 2 is 1.19 bits per heavy atom. The van der Waals surface area contributed by atoms with Crippen LogP contribution in [0.5, 0.6) is 0 Å². The highest BCUT2D eigenvalue weighted by molar-refractivity contribution is 4.30. The quantitative estimate of drug-likeness (QED) is 0.244. The summed E-state index contributed by atoms with van der Waals surface area (Å²) in [6.07, 6.45) is 0. The molecule has 11 heteroatoms. The Morgan fingerprint density at radius 1 is 0.857 bits per heavy atom. The topological polar surface area (TPSA) is 111 Å². The molecule has 0 aliphatic heterocycles. The maximum absolute atomic E-state index is 11.5. The lowest BCUT2D eigenvalue weighted by molar-refractivity contribution is -0.724. The van der Waals surface area contributed by atoms with Gasteiger partial charge in [0, 0.05) is 7.11 Å². The Balaban J connectivity index is 4.53. The molecule has 11 nitrogen and oxygen atoms in total. The fraction of sp³-hybridized carbons (Fsp3) is 1.00. The van der Waals surface area contributed by atoms with E-state index in [2.05, 4.69) is 10.6 Å². The van der Waals surface area contributed by atoms with Gasteiger partial charge in [0.15, 0.2) is 0 Å². The van der Waals surface area contributed by atoms with Crippen molar-refractivity contribution >= 4 is 0 Å². The largest absolute Gasteiger partial charge is 0.569 e. The summed E-state index contributed by atoms with van der Waals surface area (Å²) in [5.74, 6) is 0. The van der Waals surface area contributed by atoms with Gasteiger partial charge in [-0.15, -0.1) is 10.0 Å². The number of hydrogen-bond acceptors (Lipinski definition) is 7. The molecule has 0 aliphatic carbocycles. The summed E-state index contributed by atoms with van der Waals surface area (Å²) in [7, 11) is 1.26. The van der Waals surface area contributed by atoms with E-state index in [0.29, 0.717) is 26.2 Å². The first-order chi connectivity index (χ1) is 10.0. The molecule has 0 saturated carbocycles. The van der Waals surface area contributed by atoms with Crippen molar-refractivity contribution in [1.82, 2.24) is 10.0 Å². The molecule has 0 aromatic rings. The van der Waals surface area contributed by atoms with Gasteiger partial charge in [0.05, 0.1) is 36.1 Å². The van der Waals surface area contributed by atoms with Gasteiger partial charge in [-0.1, -0.05) is 0 Å². The van der Waals surface area contributed by atoms with Gasteiger partial charge in [-0.3, -0.25) is 9.68 Å². The third-order valence-corrected chi connectivity index (χ3v) is 2.54. The summed E-state index contributed by atoms with van der Waals surface area (Å²) < 4.78 is 4.75. The van der Waals surface area contributed by atoms with E-state index < -0.39 is 6.48 Å². The fourth-order valence-electron chi connectivity index (χ4n) is 1.30. The summed E-state index contributed by atoms with van der Waals surface area (Å²) >= 11 is 0. The van der Waals surface area contributed by atoms with Gasteiger partial charge in [0.25, 0.3) is 0 Å². The van der Waals surface area contributed by atoms with E-state index in [1.54, 1.807) is 27.7 Å². The van der Waals surface area contributed by atoms with E-state index in [1.807, 2.05) is 0 Å². The minimum atomic E-state index is -1.40. The van der Waals surface area contributed by atoms with Gasteiger partial charge in [-0.05, 0) is 27.7 Å². The van der Waals surface area contributed by atoms with Gasteiger partial charge in [-0.2, -0.15) is 0 Å². The smallest absolute Gasteiger partial charge is 0.415 e. The van der Waals surface area contributed by atoms with E-state index >= 15 is 0 Å². The average molecular weight is 308 g/mol. The molecule has 0 amide bonds. The third kappa shape index (κ3) is 6.79. The highest BCUT2D eigenvalue weighted by Crippen LogP contribution is 2.01. The molecule has 0 fully saturated rings. The highest BCUT2D eigenvalue weighted by atomic mass is 16.9. The van der Waals surface area contributed by atoms with E-state index in [1.165, 1.54) is 17.1 Å². The lowest BCUT2D eigenvalue weighted by Gasteiger charge is -2.15. The van der Waals surface area contributed by atoms with E-state index in [-0.39, 0.29) is 9.94 Å². The van der Waals surface area contributed by atoms with E-state index in [0.717, 1.165) is 0 Å². The number of ether oxygens (including phenoxy) is 1. The number of hydrazine groups is 2. The van der Waals surface area contributed by atoms with Crippen molar-refractivity contribution in [2.75, 3.05) is 33.3 Å². The Morgan fingerprint density at radius 3 is 1.43 bits per heavy atom. The highest BCUT2D eigenvalue weighted by Gasteiger charge is 2.16. The van der Waals surface area contributed by atoms with Crippen LogP contribution < -0.4 is 0 Å². The minimum absolute atomic E-state index is 0.273. The summed E-state index contributed by atoms with van der Waals surface area (Å²) in [6, 6.07) is 0. The second-order valence-electron chi connectivity index (χ2n) is 3.68. The molecule has 0 unspecified atom stereocenters. The van der Waals surface area contributed by atoms with Crippen LogP contribution in [-0.4, -0.2) is 59.7 Å². The molecule has 21 heavy (non-hydrogen) atoms. The minimum Gasteiger partial charge on any atom is -0.569 e. The predicted molar refractivity (Wildman–Crippen MR) is 70.9 cm³/mol. The Kier molecular flexibility index (Phi) is 9.67. The van der Waals surface area contributed by atoms with Crippen LogP contribution in [0.4, 0.5) is 0 Å². The Labute approximate surface area is 124 Å². The van der Waals surface area contributed by atoms with Gasteiger partial charge in [-0.25, -0.2) is 0 Å². The first-order valence-electron chi connectivity index (χ1n) is 6.74. The van der Waals surface area contributed by atoms with Gasteiger partial charge >= 0.3 is 6.48 Å². The van der Waals surface area contributed by atoms with Crippen molar-refractivity contribution in [3.8, 4) is 0 Å². The molecule has 0 N–H and O–H groups in total. The number of rotatable bonds is 11. The molecule has 0 aromatic carbocycles. The maximum Gasteiger partial charge on any atom is 0.415 e. The zero-order chi connectivity index (χ0) is 16.3. The third-order valence-electron chi connectivity index (χ3n) is 2.54. The van der Waals surface area contributed by atoms with Gasteiger partial charge < -0.3 is 15.2 Å². The summed E-state index contributed by atoms with van der Waals surface area (Å²) in [5, 5.41) is 32.2. The van der Waals surface area contributed by atoms with Crippen molar-refractivity contribution < 1.29 is 24.4 Å². The molecule has 0 atom stereocenters. The number of hydrogen-bond donors (Lipinski definition) is 0. The molecule has 0 aromatic heterocycles.